The highest BCUT2D eigenvalue weighted by atomic mass is 79.9. The Labute approximate surface area is 165 Å². The van der Waals surface area contributed by atoms with Crippen LogP contribution in [0.25, 0.3) is 5.70 Å². The van der Waals surface area contributed by atoms with Crippen molar-refractivity contribution in [3.8, 4) is 11.5 Å². The fourth-order valence-electron chi connectivity index (χ4n) is 2.17. The number of halogens is 1. The van der Waals surface area contributed by atoms with E-state index in [-0.39, 0.29) is 12.5 Å². The number of nitrogens with one attached hydrogen (secondary N) is 3. The number of hydrogen-bond acceptors (Lipinski definition) is 5. The number of hydrazine groups is 1. The molecular weight excluding hydrogens is 414 g/mol. The molecule has 0 aliphatic heterocycles. The molecule has 0 spiro atoms. The first-order valence-corrected chi connectivity index (χ1v) is 8.74. The van der Waals surface area contributed by atoms with E-state index in [1.54, 1.807) is 49.6 Å². The smallest absolute Gasteiger partial charge is 0.257 e. The van der Waals surface area contributed by atoms with Crippen LogP contribution in [0.3, 0.4) is 0 Å². The third-order valence-electron chi connectivity index (χ3n) is 3.60. The Morgan fingerprint density at radius 2 is 1.74 bits per heavy atom. The van der Waals surface area contributed by atoms with Crippen LogP contribution in [-0.2, 0) is 4.79 Å². The molecule has 0 atom stereocenters. The molecule has 0 fully saturated rings. The van der Waals surface area contributed by atoms with Crippen LogP contribution in [0, 0.1) is 0 Å². The summed E-state index contributed by atoms with van der Waals surface area (Å²) in [5.41, 5.74) is 6.75. The SMILES string of the molecule is C=C(NNC(=O)CNC(=O)c1ccc(Br)cc1)c1ccc(OC)cc1OC. The number of rotatable bonds is 8. The highest BCUT2D eigenvalue weighted by Gasteiger charge is 2.11. The van der Waals surface area contributed by atoms with Crippen molar-refractivity contribution in [2.75, 3.05) is 20.8 Å². The van der Waals surface area contributed by atoms with Crippen molar-refractivity contribution in [1.82, 2.24) is 16.2 Å². The lowest BCUT2D eigenvalue weighted by atomic mass is 10.1. The molecule has 8 heteroatoms. The lowest BCUT2D eigenvalue weighted by Gasteiger charge is -2.15. The molecular formula is C19H20BrN3O4. The molecule has 3 N–H and O–H groups in total. The number of methoxy groups -OCH3 is 2. The van der Waals surface area contributed by atoms with Gasteiger partial charge in [-0.05, 0) is 36.4 Å². The number of carbonyl (C=O) groups is 2. The zero-order valence-corrected chi connectivity index (χ0v) is 16.6. The Morgan fingerprint density at radius 1 is 1.04 bits per heavy atom. The molecule has 0 aliphatic rings. The molecule has 2 aromatic rings. The molecule has 0 bridgehead atoms. The molecule has 2 aromatic carbocycles. The Kier molecular flexibility index (Phi) is 7.25. The summed E-state index contributed by atoms with van der Waals surface area (Å²) in [7, 11) is 3.09. The summed E-state index contributed by atoms with van der Waals surface area (Å²) in [5.74, 6) is 0.426. The Bertz CT molecular complexity index is 837. The molecule has 0 saturated heterocycles. The van der Waals surface area contributed by atoms with E-state index in [1.807, 2.05) is 0 Å². The molecule has 0 aromatic heterocycles. The first kappa shape index (κ1) is 20.3. The summed E-state index contributed by atoms with van der Waals surface area (Å²) in [6, 6.07) is 12.0. The molecule has 2 amide bonds. The molecule has 0 aliphatic carbocycles. The second-order valence-electron chi connectivity index (χ2n) is 5.41. The van der Waals surface area contributed by atoms with Crippen molar-refractivity contribution >= 4 is 33.4 Å². The van der Waals surface area contributed by atoms with Gasteiger partial charge < -0.3 is 14.8 Å². The first-order valence-electron chi connectivity index (χ1n) is 7.94. The largest absolute Gasteiger partial charge is 0.497 e. The van der Waals surface area contributed by atoms with Gasteiger partial charge in [-0.25, -0.2) is 0 Å². The first-order chi connectivity index (χ1) is 12.9. The van der Waals surface area contributed by atoms with Crippen molar-refractivity contribution in [3.05, 3.63) is 64.6 Å². The predicted molar refractivity (Wildman–Crippen MR) is 106 cm³/mol. The van der Waals surface area contributed by atoms with E-state index in [1.165, 1.54) is 7.11 Å². The molecule has 27 heavy (non-hydrogen) atoms. The molecule has 0 heterocycles. The highest BCUT2D eigenvalue weighted by Crippen LogP contribution is 2.27. The Hall–Kier alpha value is -3.00. The third-order valence-corrected chi connectivity index (χ3v) is 4.13. The number of hydrogen-bond donors (Lipinski definition) is 3. The van der Waals surface area contributed by atoms with Gasteiger partial charge in [-0.15, -0.1) is 0 Å². The standard InChI is InChI=1S/C19H20BrN3O4/c1-12(16-9-8-15(26-2)10-17(16)27-3)22-23-18(24)11-21-19(25)13-4-6-14(20)7-5-13/h4-10,22H,1,11H2,2-3H3,(H,21,25)(H,23,24). The van der Waals surface area contributed by atoms with Gasteiger partial charge >= 0.3 is 0 Å². The van der Waals surface area contributed by atoms with Crippen molar-refractivity contribution < 1.29 is 19.1 Å². The average molecular weight is 434 g/mol. The molecule has 0 saturated carbocycles. The lowest BCUT2D eigenvalue weighted by molar-refractivity contribution is -0.120. The maximum absolute atomic E-state index is 12.0. The summed E-state index contributed by atoms with van der Waals surface area (Å²) in [6.45, 7) is 3.69. The van der Waals surface area contributed by atoms with Crippen LogP contribution in [0.5, 0.6) is 11.5 Å². The van der Waals surface area contributed by atoms with Crippen molar-refractivity contribution in [3.63, 3.8) is 0 Å². The minimum Gasteiger partial charge on any atom is -0.497 e. The van der Waals surface area contributed by atoms with Crippen molar-refractivity contribution in [2.45, 2.75) is 0 Å². The minimum absolute atomic E-state index is 0.186. The zero-order valence-electron chi connectivity index (χ0n) is 15.0. The van der Waals surface area contributed by atoms with Crippen LogP contribution in [-0.4, -0.2) is 32.6 Å². The number of amides is 2. The summed E-state index contributed by atoms with van der Waals surface area (Å²) in [5, 5.41) is 2.54. The maximum atomic E-state index is 12.0. The van der Waals surface area contributed by atoms with Gasteiger partial charge in [0.2, 0.25) is 0 Å². The molecule has 2 rings (SSSR count). The van der Waals surface area contributed by atoms with E-state index in [2.05, 4.69) is 38.7 Å². The molecule has 0 radical (unpaired) electrons. The third kappa shape index (κ3) is 5.75. The fourth-order valence-corrected chi connectivity index (χ4v) is 2.43. The fraction of sp³-hybridized carbons (Fsp3) is 0.158. The monoisotopic (exact) mass is 433 g/mol. The second-order valence-corrected chi connectivity index (χ2v) is 6.32. The van der Waals surface area contributed by atoms with Gasteiger partial charge in [0.1, 0.15) is 11.5 Å². The summed E-state index contributed by atoms with van der Waals surface area (Å²) >= 11 is 3.30. The average Bonchev–Trinajstić information content (AvgIpc) is 2.70. The van der Waals surface area contributed by atoms with E-state index in [9.17, 15) is 9.59 Å². The van der Waals surface area contributed by atoms with E-state index >= 15 is 0 Å². The van der Waals surface area contributed by atoms with Crippen LogP contribution < -0.4 is 25.6 Å². The summed E-state index contributed by atoms with van der Waals surface area (Å²) < 4.78 is 11.3. The van der Waals surface area contributed by atoms with Gasteiger partial charge in [-0.3, -0.25) is 20.4 Å². The maximum Gasteiger partial charge on any atom is 0.257 e. The van der Waals surface area contributed by atoms with Crippen LogP contribution in [0.2, 0.25) is 0 Å². The van der Waals surface area contributed by atoms with Crippen LogP contribution >= 0.6 is 15.9 Å². The Balaban J connectivity index is 1.85. The number of benzene rings is 2. The molecule has 0 unspecified atom stereocenters. The highest BCUT2D eigenvalue weighted by molar-refractivity contribution is 9.10. The minimum atomic E-state index is -0.422. The van der Waals surface area contributed by atoms with Gasteiger partial charge in [-0.1, -0.05) is 22.5 Å². The second kappa shape index (κ2) is 9.63. The quantitative estimate of drug-likeness (QED) is 0.556. The van der Waals surface area contributed by atoms with E-state index in [4.69, 9.17) is 9.47 Å². The van der Waals surface area contributed by atoms with Gasteiger partial charge in [0.15, 0.2) is 0 Å². The molecule has 142 valence electrons. The number of ether oxygens (including phenoxy) is 2. The van der Waals surface area contributed by atoms with Gasteiger partial charge in [0, 0.05) is 21.7 Å². The van der Waals surface area contributed by atoms with Gasteiger partial charge in [0.25, 0.3) is 11.8 Å². The number of carbonyl (C=O) groups excluding carboxylic acids is 2. The predicted octanol–water partition coefficient (Wildman–Crippen LogP) is 2.49. The van der Waals surface area contributed by atoms with Crippen molar-refractivity contribution in [2.24, 2.45) is 0 Å². The van der Waals surface area contributed by atoms with Crippen LogP contribution in [0.4, 0.5) is 0 Å². The van der Waals surface area contributed by atoms with E-state index < -0.39 is 5.91 Å². The van der Waals surface area contributed by atoms with Crippen LogP contribution in [0.1, 0.15) is 15.9 Å². The van der Waals surface area contributed by atoms with Gasteiger partial charge in [-0.2, -0.15) is 0 Å². The lowest BCUT2D eigenvalue weighted by Crippen LogP contribution is -2.42. The zero-order chi connectivity index (χ0) is 19.8. The van der Waals surface area contributed by atoms with Crippen LogP contribution in [0.15, 0.2) is 53.5 Å². The topological polar surface area (TPSA) is 88.7 Å². The summed E-state index contributed by atoms with van der Waals surface area (Å²) in [6.07, 6.45) is 0. The van der Waals surface area contributed by atoms with Gasteiger partial charge in [0.05, 0.1) is 26.5 Å². The van der Waals surface area contributed by atoms with Crippen molar-refractivity contribution in [1.29, 1.82) is 0 Å². The molecule has 7 nitrogen and oxygen atoms in total. The van der Waals surface area contributed by atoms with E-state index in [0.29, 0.717) is 28.3 Å². The Morgan fingerprint density at radius 3 is 2.37 bits per heavy atom. The normalized spacial score (nSPS) is 9.89. The summed E-state index contributed by atoms with van der Waals surface area (Å²) in [4.78, 5) is 23.9. The van der Waals surface area contributed by atoms with E-state index in [0.717, 1.165) is 4.47 Å².